The summed E-state index contributed by atoms with van der Waals surface area (Å²) in [6, 6.07) is 0.298. The van der Waals surface area contributed by atoms with E-state index in [2.05, 4.69) is 5.32 Å². The standard InChI is InChI=1S/C13H25N3O2/c1-4-8-16(10-13(18)15(2)3)12(17)9-11-6-5-7-14-11/h11,14H,4-10H2,1-3H3. The molecule has 1 unspecified atom stereocenters. The van der Waals surface area contributed by atoms with Crippen LogP contribution >= 0.6 is 0 Å². The highest BCUT2D eigenvalue weighted by atomic mass is 16.2. The van der Waals surface area contributed by atoms with E-state index in [1.807, 2.05) is 6.92 Å². The summed E-state index contributed by atoms with van der Waals surface area (Å²) < 4.78 is 0. The summed E-state index contributed by atoms with van der Waals surface area (Å²) in [7, 11) is 3.44. The van der Waals surface area contributed by atoms with Gasteiger partial charge in [-0.1, -0.05) is 6.92 Å². The Labute approximate surface area is 110 Å². The minimum absolute atomic E-state index is 0.0174. The van der Waals surface area contributed by atoms with Crippen molar-refractivity contribution in [2.45, 2.75) is 38.6 Å². The first kappa shape index (κ1) is 15.0. The summed E-state index contributed by atoms with van der Waals surface area (Å²) in [6.45, 7) is 3.88. The number of likely N-dealkylation sites (N-methyl/N-ethyl adjacent to an activating group) is 1. The van der Waals surface area contributed by atoms with Gasteiger partial charge in [0.2, 0.25) is 11.8 Å². The van der Waals surface area contributed by atoms with Crippen LogP contribution in [0.5, 0.6) is 0 Å². The van der Waals surface area contributed by atoms with Crippen molar-refractivity contribution in [3.05, 3.63) is 0 Å². The molecular weight excluding hydrogens is 230 g/mol. The topological polar surface area (TPSA) is 52.7 Å². The Morgan fingerprint density at radius 1 is 1.28 bits per heavy atom. The van der Waals surface area contributed by atoms with Gasteiger partial charge in [-0.3, -0.25) is 9.59 Å². The van der Waals surface area contributed by atoms with Crippen LogP contribution in [0.15, 0.2) is 0 Å². The zero-order valence-corrected chi connectivity index (χ0v) is 11.7. The normalized spacial score (nSPS) is 18.7. The highest BCUT2D eigenvalue weighted by molar-refractivity contribution is 5.84. The molecule has 0 saturated carbocycles. The Bertz CT molecular complexity index is 286. The molecule has 5 heteroatoms. The molecule has 1 rings (SSSR count). The molecule has 0 aromatic rings. The number of amides is 2. The van der Waals surface area contributed by atoms with E-state index in [9.17, 15) is 9.59 Å². The van der Waals surface area contributed by atoms with Crippen molar-refractivity contribution < 1.29 is 9.59 Å². The molecule has 1 aliphatic rings. The molecule has 0 radical (unpaired) electrons. The van der Waals surface area contributed by atoms with Crippen molar-refractivity contribution in [1.82, 2.24) is 15.1 Å². The van der Waals surface area contributed by atoms with Crippen LogP contribution in [0.1, 0.15) is 32.6 Å². The van der Waals surface area contributed by atoms with Gasteiger partial charge in [-0.15, -0.1) is 0 Å². The summed E-state index contributed by atoms with van der Waals surface area (Å²) in [5.74, 6) is 0.0719. The van der Waals surface area contributed by atoms with Crippen LogP contribution in [0.4, 0.5) is 0 Å². The quantitative estimate of drug-likeness (QED) is 0.750. The van der Waals surface area contributed by atoms with Crippen molar-refractivity contribution in [3.63, 3.8) is 0 Å². The van der Waals surface area contributed by atoms with E-state index in [0.29, 0.717) is 19.0 Å². The van der Waals surface area contributed by atoms with E-state index in [1.165, 1.54) is 4.90 Å². The van der Waals surface area contributed by atoms with Crippen LogP contribution in [0.3, 0.4) is 0 Å². The first-order chi connectivity index (χ1) is 8.54. The second kappa shape index (κ2) is 7.36. The summed E-state index contributed by atoms with van der Waals surface area (Å²) in [4.78, 5) is 27.1. The van der Waals surface area contributed by atoms with Gasteiger partial charge in [-0.05, 0) is 25.8 Å². The Morgan fingerprint density at radius 2 is 2.00 bits per heavy atom. The molecule has 1 heterocycles. The summed E-state index contributed by atoms with van der Waals surface area (Å²) in [6.07, 6.45) is 3.60. The van der Waals surface area contributed by atoms with Crippen molar-refractivity contribution in [3.8, 4) is 0 Å². The number of nitrogens with zero attached hydrogens (tertiary/aromatic N) is 2. The van der Waals surface area contributed by atoms with Gasteiger partial charge >= 0.3 is 0 Å². The first-order valence-corrected chi connectivity index (χ1v) is 6.76. The Balaban J connectivity index is 2.48. The number of carbonyl (C=O) groups excluding carboxylic acids is 2. The number of rotatable bonds is 6. The second-order valence-corrected chi connectivity index (χ2v) is 5.10. The fourth-order valence-electron chi connectivity index (χ4n) is 2.14. The lowest BCUT2D eigenvalue weighted by atomic mass is 10.1. The molecule has 0 bridgehead atoms. The van der Waals surface area contributed by atoms with Crippen LogP contribution in [0.2, 0.25) is 0 Å². The van der Waals surface area contributed by atoms with Gasteiger partial charge in [0.1, 0.15) is 0 Å². The third-order valence-corrected chi connectivity index (χ3v) is 3.25. The molecule has 0 aliphatic carbocycles. The molecule has 1 atom stereocenters. The van der Waals surface area contributed by atoms with Gasteiger partial charge in [-0.2, -0.15) is 0 Å². The maximum atomic E-state index is 12.2. The summed E-state index contributed by atoms with van der Waals surface area (Å²) in [5.41, 5.74) is 0. The monoisotopic (exact) mass is 255 g/mol. The van der Waals surface area contributed by atoms with Crippen LogP contribution < -0.4 is 5.32 Å². The average molecular weight is 255 g/mol. The van der Waals surface area contributed by atoms with E-state index >= 15 is 0 Å². The minimum Gasteiger partial charge on any atom is -0.347 e. The molecule has 0 aromatic heterocycles. The van der Waals surface area contributed by atoms with Crippen molar-refractivity contribution in [2.24, 2.45) is 0 Å². The third-order valence-electron chi connectivity index (χ3n) is 3.25. The minimum atomic E-state index is -0.0174. The fraction of sp³-hybridized carbons (Fsp3) is 0.846. The number of carbonyl (C=O) groups is 2. The molecule has 5 nitrogen and oxygen atoms in total. The van der Waals surface area contributed by atoms with Crippen molar-refractivity contribution in [1.29, 1.82) is 0 Å². The van der Waals surface area contributed by atoms with E-state index in [-0.39, 0.29) is 18.4 Å². The fourth-order valence-corrected chi connectivity index (χ4v) is 2.14. The van der Waals surface area contributed by atoms with Gasteiger partial charge in [0.05, 0.1) is 6.54 Å². The van der Waals surface area contributed by atoms with Crippen LogP contribution in [-0.2, 0) is 9.59 Å². The predicted octanol–water partition coefficient (Wildman–Crippen LogP) is 0.455. The maximum Gasteiger partial charge on any atom is 0.241 e. The summed E-state index contributed by atoms with van der Waals surface area (Å²) in [5, 5.41) is 3.32. The molecule has 18 heavy (non-hydrogen) atoms. The highest BCUT2D eigenvalue weighted by Crippen LogP contribution is 2.10. The predicted molar refractivity (Wildman–Crippen MR) is 71.2 cm³/mol. The zero-order chi connectivity index (χ0) is 13.5. The molecular formula is C13H25N3O2. The number of nitrogens with one attached hydrogen (secondary N) is 1. The maximum absolute atomic E-state index is 12.2. The number of hydrogen-bond acceptors (Lipinski definition) is 3. The van der Waals surface area contributed by atoms with Crippen molar-refractivity contribution in [2.75, 3.05) is 33.7 Å². The largest absolute Gasteiger partial charge is 0.347 e. The molecule has 1 saturated heterocycles. The van der Waals surface area contributed by atoms with Crippen LogP contribution in [0.25, 0.3) is 0 Å². The first-order valence-electron chi connectivity index (χ1n) is 6.76. The third kappa shape index (κ3) is 4.64. The van der Waals surface area contributed by atoms with Gasteiger partial charge in [0, 0.05) is 33.1 Å². The van der Waals surface area contributed by atoms with Gasteiger partial charge in [-0.25, -0.2) is 0 Å². The summed E-state index contributed by atoms with van der Waals surface area (Å²) >= 11 is 0. The Hall–Kier alpha value is -1.10. The van der Waals surface area contributed by atoms with Crippen LogP contribution in [-0.4, -0.2) is 61.4 Å². The van der Waals surface area contributed by atoms with Crippen molar-refractivity contribution >= 4 is 11.8 Å². The average Bonchev–Trinajstić information content (AvgIpc) is 2.80. The SMILES string of the molecule is CCCN(CC(=O)N(C)C)C(=O)CC1CCCN1. The van der Waals surface area contributed by atoms with E-state index in [0.717, 1.165) is 25.8 Å². The van der Waals surface area contributed by atoms with E-state index < -0.39 is 0 Å². The molecule has 0 aromatic carbocycles. The Kier molecular flexibility index (Phi) is 6.12. The number of hydrogen-bond donors (Lipinski definition) is 1. The molecule has 1 fully saturated rings. The molecule has 2 amide bonds. The highest BCUT2D eigenvalue weighted by Gasteiger charge is 2.23. The second-order valence-electron chi connectivity index (χ2n) is 5.10. The van der Waals surface area contributed by atoms with Gasteiger partial charge in [0.25, 0.3) is 0 Å². The molecule has 0 spiro atoms. The molecule has 1 aliphatic heterocycles. The van der Waals surface area contributed by atoms with E-state index in [1.54, 1.807) is 19.0 Å². The smallest absolute Gasteiger partial charge is 0.241 e. The lowest BCUT2D eigenvalue weighted by molar-refractivity contribution is -0.139. The van der Waals surface area contributed by atoms with E-state index in [4.69, 9.17) is 0 Å². The van der Waals surface area contributed by atoms with Gasteiger partial charge < -0.3 is 15.1 Å². The molecule has 104 valence electrons. The Morgan fingerprint density at radius 3 is 2.50 bits per heavy atom. The van der Waals surface area contributed by atoms with Crippen LogP contribution in [0, 0.1) is 0 Å². The lowest BCUT2D eigenvalue weighted by Crippen LogP contribution is -2.42. The molecule has 1 N–H and O–H groups in total. The zero-order valence-electron chi connectivity index (χ0n) is 11.7. The van der Waals surface area contributed by atoms with Gasteiger partial charge in [0.15, 0.2) is 0 Å². The lowest BCUT2D eigenvalue weighted by Gasteiger charge is -2.24.